The number of hydrogen-bond donors (Lipinski definition) is 1. The fraction of sp³-hybridized carbons (Fsp3) is 0.304. The molecule has 0 atom stereocenters. The van der Waals surface area contributed by atoms with Crippen molar-refractivity contribution in [3.8, 4) is 22.1 Å². The van der Waals surface area contributed by atoms with E-state index in [1.54, 1.807) is 0 Å². The molecule has 1 aromatic heterocycles. The van der Waals surface area contributed by atoms with Crippen LogP contribution in [0, 0.1) is 5.82 Å². The molecule has 4 rings (SSSR count). The number of ether oxygens (including phenoxy) is 3. The zero-order chi connectivity index (χ0) is 21.6. The first-order chi connectivity index (χ1) is 15.1. The zero-order valence-corrected chi connectivity index (χ0v) is 18.0. The standard InChI is InChI=1S/C23H23FN2O4S/c1-2-29-20-5-3-15(4-6-20)23-26-19(13-31-23)11-21(27)25-8-7-16-9-18(24)10-17-12-28-14-30-22(16)17/h3-6,9-10,13H,2,7-8,11-12,14H2,1H3,(H,25,27). The van der Waals surface area contributed by atoms with Crippen LogP contribution in [0.4, 0.5) is 4.39 Å². The number of halogens is 1. The summed E-state index contributed by atoms with van der Waals surface area (Å²) in [6.45, 7) is 3.43. The number of benzene rings is 2. The van der Waals surface area contributed by atoms with Crippen LogP contribution < -0.4 is 14.8 Å². The van der Waals surface area contributed by atoms with Gasteiger partial charge in [-0.3, -0.25) is 4.79 Å². The smallest absolute Gasteiger partial charge is 0.226 e. The molecule has 1 N–H and O–H groups in total. The average molecular weight is 443 g/mol. The van der Waals surface area contributed by atoms with Gasteiger partial charge in [0.2, 0.25) is 5.91 Å². The van der Waals surface area contributed by atoms with Crippen molar-refractivity contribution in [3.63, 3.8) is 0 Å². The molecule has 0 bridgehead atoms. The monoisotopic (exact) mass is 442 g/mol. The van der Waals surface area contributed by atoms with E-state index in [1.165, 1.54) is 23.5 Å². The van der Waals surface area contributed by atoms with E-state index >= 15 is 0 Å². The topological polar surface area (TPSA) is 69.7 Å². The molecule has 0 fully saturated rings. The minimum absolute atomic E-state index is 0.127. The van der Waals surface area contributed by atoms with Crippen molar-refractivity contribution >= 4 is 17.2 Å². The Labute approximate surface area is 184 Å². The van der Waals surface area contributed by atoms with Gasteiger partial charge in [-0.05, 0) is 55.3 Å². The van der Waals surface area contributed by atoms with Crippen molar-refractivity contribution in [1.29, 1.82) is 0 Å². The highest BCUT2D eigenvalue weighted by Crippen LogP contribution is 2.30. The molecule has 0 spiro atoms. The van der Waals surface area contributed by atoms with Gasteiger partial charge >= 0.3 is 0 Å². The van der Waals surface area contributed by atoms with E-state index in [2.05, 4.69) is 10.3 Å². The Bertz CT molecular complexity index is 1050. The molecule has 0 saturated heterocycles. The van der Waals surface area contributed by atoms with Gasteiger partial charge in [-0.25, -0.2) is 9.37 Å². The molecule has 162 valence electrons. The minimum atomic E-state index is -0.335. The predicted molar refractivity (Wildman–Crippen MR) is 116 cm³/mol. The second-order valence-corrected chi connectivity index (χ2v) is 7.90. The Morgan fingerprint density at radius 1 is 1.29 bits per heavy atom. The minimum Gasteiger partial charge on any atom is -0.494 e. The Kier molecular flexibility index (Phi) is 6.79. The number of nitrogens with one attached hydrogen (secondary N) is 1. The van der Waals surface area contributed by atoms with Crippen molar-refractivity contribution in [2.24, 2.45) is 0 Å². The number of nitrogens with zero attached hydrogens (tertiary/aromatic N) is 1. The molecule has 0 saturated carbocycles. The Morgan fingerprint density at radius 3 is 2.94 bits per heavy atom. The van der Waals surface area contributed by atoms with Gasteiger partial charge in [0.25, 0.3) is 0 Å². The summed E-state index contributed by atoms with van der Waals surface area (Å²) in [5.41, 5.74) is 3.12. The van der Waals surface area contributed by atoms with Crippen molar-refractivity contribution in [2.45, 2.75) is 26.4 Å². The lowest BCUT2D eigenvalue weighted by Crippen LogP contribution is -2.27. The predicted octanol–water partition coefficient (Wildman–Crippen LogP) is 4.12. The molecule has 31 heavy (non-hydrogen) atoms. The zero-order valence-electron chi connectivity index (χ0n) is 17.2. The number of hydrogen-bond acceptors (Lipinski definition) is 6. The van der Waals surface area contributed by atoms with Crippen LogP contribution >= 0.6 is 11.3 Å². The van der Waals surface area contributed by atoms with Crippen LogP contribution in [-0.2, 0) is 29.0 Å². The number of rotatable bonds is 8. The Morgan fingerprint density at radius 2 is 2.13 bits per heavy atom. The van der Waals surface area contributed by atoms with Gasteiger partial charge in [0.15, 0.2) is 6.79 Å². The van der Waals surface area contributed by atoms with Crippen LogP contribution in [-0.4, -0.2) is 30.8 Å². The molecule has 6 nitrogen and oxygen atoms in total. The molecule has 3 aromatic rings. The van der Waals surface area contributed by atoms with Crippen LogP contribution in [0.3, 0.4) is 0 Å². The number of carbonyl (C=O) groups is 1. The van der Waals surface area contributed by atoms with Crippen molar-refractivity contribution in [1.82, 2.24) is 10.3 Å². The third kappa shape index (κ3) is 5.39. The van der Waals surface area contributed by atoms with Gasteiger partial charge in [0, 0.05) is 23.1 Å². The number of aromatic nitrogens is 1. The van der Waals surface area contributed by atoms with E-state index in [0.717, 1.165) is 27.6 Å². The summed E-state index contributed by atoms with van der Waals surface area (Å²) in [4.78, 5) is 16.9. The van der Waals surface area contributed by atoms with Crippen molar-refractivity contribution < 1.29 is 23.4 Å². The van der Waals surface area contributed by atoms with Crippen molar-refractivity contribution in [2.75, 3.05) is 19.9 Å². The third-order valence-electron chi connectivity index (χ3n) is 4.77. The molecule has 1 aliphatic heterocycles. The van der Waals surface area contributed by atoms with E-state index in [1.807, 2.05) is 36.6 Å². The van der Waals surface area contributed by atoms with E-state index in [9.17, 15) is 9.18 Å². The van der Waals surface area contributed by atoms with Gasteiger partial charge in [-0.15, -0.1) is 11.3 Å². The molecule has 1 aliphatic rings. The second kappa shape index (κ2) is 9.89. The highest BCUT2D eigenvalue weighted by molar-refractivity contribution is 7.13. The van der Waals surface area contributed by atoms with E-state index in [-0.39, 0.29) is 24.9 Å². The van der Waals surface area contributed by atoms with Crippen LogP contribution in [0.25, 0.3) is 10.6 Å². The first-order valence-corrected chi connectivity index (χ1v) is 11.0. The SMILES string of the molecule is CCOc1ccc(-c2nc(CC(=O)NCCc3cc(F)cc4c3OCOC4)cs2)cc1. The third-order valence-corrected chi connectivity index (χ3v) is 5.71. The summed E-state index contributed by atoms with van der Waals surface area (Å²) in [5, 5.41) is 5.63. The molecular weight excluding hydrogens is 419 g/mol. The molecular formula is C23H23FN2O4S. The van der Waals surface area contributed by atoms with Gasteiger partial charge in [0.05, 0.1) is 25.3 Å². The molecule has 0 radical (unpaired) electrons. The first-order valence-electron chi connectivity index (χ1n) is 10.1. The lowest BCUT2D eigenvalue weighted by molar-refractivity contribution is -0.120. The summed E-state index contributed by atoms with van der Waals surface area (Å²) >= 11 is 1.50. The maximum atomic E-state index is 13.8. The normalized spacial score (nSPS) is 12.7. The summed E-state index contributed by atoms with van der Waals surface area (Å²) < 4.78 is 30.0. The van der Waals surface area contributed by atoms with Gasteiger partial charge in [-0.2, -0.15) is 0 Å². The van der Waals surface area contributed by atoms with Gasteiger partial charge in [0.1, 0.15) is 22.3 Å². The highest BCUT2D eigenvalue weighted by atomic mass is 32.1. The molecule has 8 heteroatoms. The highest BCUT2D eigenvalue weighted by Gasteiger charge is 2.17. The fourth-order valence-corrected chi connectivity index (χ4v) is 4.21. The number of fused-ring (bicyclic) bond motifs is 1. The Balaban J connectivity index is 1.30. The molecule has 0 unspecified atom stereocenters. The fourth-order valence-electron chi connectivity index (χ4n) is 3.39. The van der Waals surface area contributed by atoms with Crippen LogP contribution in [0.2, 0.25) is 0 Å². The Hall–Kier alpha value is -2.97. The summed E-state index contributed by atoms with van der Waals surface area (Å²) in [6.07, 6.45) is 0.666. The largest absolute Gasteiger partial charge is 0.494 e. The van der Waals surface area contributed by atoms with Gasteiger partial charge in [-0.1, -0.05) is 0 Å². The van der Waals surface area contributed by atoms with E-state index in [4.69, 9.17) is 14.2 Å². The summed E-state index contributed by atoms with van der Waals surface area (Å²) in [7, 11) is 0. The first kappa shape index (κ1) is 21.3. The van der Waals surface area contributed by atoms with E-state index in [0.29, 0.717) is 37.5 Å². The maximum absolute atomic E-state index is 13.8. The lowest BCUT2D eigenvalue weighted by atomic mass is 10.1. The van der Waals surface area contributed by atoms with Crippen LogP contribution in [0.5, 0.6) is 11.5 Å². The maximum Gasteiger partial charge on any atom is 0.226 e. The number of amides is 1. The van der Waals surface area contributed by atoms with E-state index < -0.39 is 0 Å². The molecule has 1 amide bonds. The number of carbonyl (C=O) groups excluding carboxylic acids is 1. The van der Waals surface area contributed by atoms with Crippen LogP contribution in [0.1, 0.15) is 23.7 Å². The molecule has 2 aromatic carbocycles. The summed E-state index contributed by atoms with van der Waals surface area (Å²) in [5.74, 6) is 1.01. The quantitative estimate of drug-likeness (QED) is 0.568. The summed E-state index contributed by atoms with van der Waals surface area (Å²) in [6, 6.07) is 10.6. The second-order valence-electron chi connectivity index (χ2n) is 7.04. The molecule has 2 heterocycles. The van der Waals surface area contributed by atoms with Gasteiger partial charge < -0.3 is 19.5 Å². The van der Waals surface area contributed by atoms with Crippen LogP contribution in [0.15, 0.2) is 41.8 Å². The lowest BCUT2D eigenvalue weighted by Gasteiger charge is -2.20. The number of thiazole rings is 1. The molecule has 0 aliphatic carbocycles. The average Bonchev–Trinajstić information content (AvgIpc) is 3.22. The van der Waals surface area contributed by atoms with Crippen molar-refractivity contribution in [3.05, 3.63) is 64.4 Å².